The number of carbonyl (C=O) groups is 2. The van der Waals surface area contributed by atoms with Gasteiger partial charge in [0.15, 0.2) is 0 Å². The third-order valence-electron chi connectivity index (χ3n) is 2.42. The Labute approximate surface area is 118 Å². The molecule has 0 fully saturated rings. The number of phenols is 1. The van der Waals surface area contributed by atoms with Gasteiger partial charge in [-0.25, -0.2) is 0 Å². The highest BCUT2D eigenvalue weighted by Crippen LogP contribution is 2.21. The molecule has 0 aliphatic carbocycles. The number of benzene rings is 1. The van der Waals surface area contributed by atoms with Crippen molar-refractivity contribution in [3.05, 3.63) is 24.3 Å². The molecule has 0 saturated carbocycles. The molecule has 1 rings (SSSR count). The van der Waals surface area contributed by atoms with Gasteiger partial charge in [-0.3, -0.25) is 9.59 Å². The van der Waals surface area contributed by atoms with Crippen molar-refractivity contribution < 1.29 is 19.4 Å². The van der Waals surface area contributed by atoms with Gasteiger partial charge in [0.25, 0.3) is 0 Å². The summed E-state index contributed by atoms with van der Waals surface area (Å²) in [7, 11) is 0. The third-order valence-corrected chi connectivity index (χ3v) is 2.42. The van der Waals surface area contributed by atoms with E-state index in [0.29, 0.717) is 19.6 Å². The highest BCUT2D eigenvalue weighted by atomic mass is 16.5. The first-order valence-electron chi connectivity index (χ1n) is 6.49. The van der Waals surface area contributed by atoms with Crippen LogP contribution in [-0.2, 0) is 14.3 Å². The lowest BCUT2D eigenvalue weighted by Crippen LogP contribution is -2.36. The first kappa shape index (κ1) is 16.0. The second kappa shape index (κ2) is 8.16. The van der Waals surface area contributed by atoms with Gasteiger partial charge in [0.1, 0.15) is 5.75 Å². The van der Waals surface area contributed by atoms with Crippen molar-refractivity contribution in [3.8, 4) is 5.75 Å². The minimum atomic E-state index is -0.809. The van der Waals surface area contributed by atoms with Crippen LogP contribution in [0.15, 0.2) is 24.3 Å². The van der Waals surface area contributed by atoms with Crippen LogP contribution in [0.4, 0.5) is 5.69 Å². The van der Waals surface area contributed by atoms with Crippen molar-refractivity contribution in [2.75, 3.05) is 18.5 Å². The lowest BCUT2D eigenvalue weighted by Gasteiger charge is -2.09. The molecule has 0 saturated heterocycles. The van der Waals surface area contributed by atoms with Crippen molar-refractivity contribution >= 4 is 17.5 Å². The summed E-state index contributed by atoms with van der Waals surface area (Å²) in [4.78, 5) is 23.1. The molecule has 0 aromatic heterocycles. The summed E-state index contributed by atoms with van der Waals surface area (Å²) < 4.78 is 5.31. The predicted octanol–water partition coefficient (Wildman–Crippen LogP) is 1.26. The zero-order valence-corrected chi connectivity index (χ0v) is 11.7. The van der Waals surface area contributed by atoms with E-state index in [1.165, 1.54) is 12.1 Å². The molecule has 110 valence electrons. The van der Waals surface area contributed by atoms with Crippen LogP contribution in [0.3, 0.4) is 0 Å². The Balaban J connectivity index is 2.30. The fraction of sp³-hybridized carbons (Fsp3) is 0.429. The van der Waals surface area contributed by atoms with Gasteiger partial charge in [0, 0.05) is 13.2 Å². The number of ether oxygens (including phenoxy) is 1. The number of hydrogen-bond donors (Lipinski definition) is 3. The number of aromatic hydroxyl groups is 1. The molecule has 1 aromatic carbocycles. The van der Waals surface area contributed by atoms with Crippen LogP contribution in [0.1, 0.15) is 20.3 Å². The molecule has 1 aromatic rings. The van der Waals surface area contributed by atoms with E-state index >= 15 is 0 Å². The van der Waals surface area contributed by atoms with Crippen LogP contribution < -0.4 is 10.6 Å². The molecule has 2 amide bonds. The minimum absolute atomic E-state index is 0.0843. The van der Waals surface area contributed by atoms with Crippen molar-refractivity contribution in [1.29, 1.82) is 0 Å². The Bertz CT molecular complexity index is 460. The van der Waals surface area contributed by atoms with Gasteiger partial charge in [0.05, 0.1) is 11.8 Å². The Morgan fingerprint density at radius 1 is 1.25 bits per heavy atom. The molecule has 0 bridgehead atoms. The van der Waals surface area contributed by atoms with Crippen molar-refractivity contribution in [1.82, 2.24) is 5.32 Å². The molecular weight excluding hydrogens is 260 g/mol. The van der Waals surface area contributed by atoms with Gasteiger partial charge >= 0.3 is 11.8 Å². The number of para-hydroxylation sites is 2. The monoisotopic (exact) mass is 280 g/mol. The number of anilines is 1. The summed E-state index contributed by atoms with van der Waals surface area (Å²) in [5.41, 5.74) is 0.204. The van der Waals surface area contributed by atoms with Gasteiger partial charge in [-0.15, -0.1) is 0 Å². The van der Waals surface area contributed by atoms with Crippen LogP contribution in [0, 0.1) is 0 Å². The van der Waals surface area contributed by atoms with Crippen molar-refractivity contribution in [3.63, 3.8) is 0 Å². The molecule has 0 unspecified atom stereocenters. The molecule has 0 heterocycles. The lowest BCUT2D eigenvalue weighted by atomic mass is 10.3. The van der Waals surface area contributed by atoms with E-state index in [4.69, 9.17) is 4.74 Å². The second-order valence-electron chi connectivity index (χ2n) is 4.50. The zero-order valence-electron chi connectivity index (χ0n) is 11.7. The maximum atomic E-state index is 11.6. The van der Waals surface area contributed by atoms with Crippen LogP contribution in [0.5, 0.6) is 5.75 Å². The van der Waals surface area contributed by atoms with Crippen molar-refractivity contribution in [2.24, 2.45) is 0 Å². The first-order chi connectivity index (χ1) is 9.50. The van der Waals surface area contributed by atoms with Gasteiger partial charge in [-0.2, -0.15) is 0 Å². The summed E-state index contributed by atoms with van der Waals surface area (Å²) in [6, 6.07) is 6.21. The summed E-state index contributed by atoms with van der Waals surface area (Å²) in [5.74, 6) is -1.63. The van der Waals surface area contributed by atoms with Crippen LogP contribution in [-0.4, -0.2) is 36.2 Å². The molecule has 0 radical (unpaired) electrons. The number of hydrogen-bond acceptors (Lipinski definition) is 4. The summed E-state index contributed by atoms with van der Waals surface area (Å²) in [5, 5.41) is 14.3. The van der Waals surface area contributed by atoms with E-state index in [1.54, 1.807) is 12.1 Å². The number of nitrogens with one attached hydrogen (secondary N) is 2. The standard InChI is InChI=1S/C14H20N2O4/c1-10(2)20-9-5-8-15-13(18)14(19)16-11-6-3-4-7-12(11)17/h3-4,6-7,10,17H,5,8-9H2,1-2H3,(H,15,18)(H,16,19). The number of carbonyl (C=O) groups excluding carboxylic acids is 2. The Morgan fingerprint density at radius 2 is 1.95 bits per heavy atom. The third kappa shape index (κ3) is 5.71. The smallest absolute Gasteiger partial charge is 0.313 e. The maximum Gasteiger partial charge on any atom is 0.313 e. The molecule has 0 atom stereocenters. The maximum absolute atomic E-state index is 11.6. The number of amides is 2. The Hall–Kier alpha value is -2.08. The van der Waals surface area contributed by atoms with E-state index in [2.05, 4.69) is 10.6 Å². The molecule has 6 nitrogen and oxygen atoms in total. The molecule has 0 aliphatic rings. The normalized spacial score (nSPS) is 10.3. The highest BCUT2D eigenvalue weighted by molar-refractivity contribution is 6.39. The van der Waals surface area contributed by atoms with Crippen LogP contribution in [0.2, 0.25) is 0 Å². The van der Waals surface area contributed by atoms with E-state index < -0.39 is 11.8 Å². The van der Waals surface area contributed by atoms with Crippen LogP contribution >= 0.6 is 0 Å². The number of rotatable bonds is 6. The largest absolute Gasteiger partial charge is 0.506 e. The van der Waals surface area contributed by atoms with Gasteiger partial charge in [-0.1, -0.05) is 12.1 Å². The van der Waals surface area contributed by atoms with Gasteiger partial charge in [-0.05, 0) is 32.4 Å². The summed E-state index contributed by atoms with van der Waals surface area (Å²) in [6.45, 7) is 4.75. The van der Waals surface area contributed by atoms with E-state index in [1.807, 2.05) is 13.8 Å². The topological polar surface area (TPSA) is 87.7 Å². The SMILES string of the molecule is CC(C)OCCCNC(=O)C(=O)Nc1ccccc1O. The minimum Gasteiger partial charge on any atom is -0.506 e. The fourth-order valence-electron chi connectivity index (χ4n) is 1.43. The molecular formula is C14H20N2O4. The second-order valence-corrected chi connectivity index (χ2v) is 4.50. The summed E-state index contributed by atoms with van der Waals surface area (Å²) >= 11 is 0. The Kier molecular flexibility index (Phi) is 6.52. The average Bonchev–Trinajstić information content (AvgIpc) is 2.40. The number of phenolic OH excluding ortho intramolecular Hbond substituents is 1. The lowest BCUT2D eigenvalue weighted by molar-refractivity contribution is -0.136. The van der Waals surface area contributed by atoms with Crippen molar-refractivity contribution in [2.45, 2.75) is 26.4 Å². The summed E-state index contributed by atoms with van der Waals surface area (Å²) in [6.07, 6.45) is 0.781. The Morgan fingerprint density at radius 3 is 2.60 bits per heavy atom. The fourth-order valence-corrected chi connectivity index (χ4v) is 1.43. The quantitative estimate of drug-likeness (QED) is 0.416. The first-order valence-corrected chi connectivity index (χ1v) is 6.49. The molecule has 0 spiro atoms. The van der Waals surface area contributed by atoms with Gasteiger partial charge in [0.2, 0.25) is 0 Å². The molecule has 6 heteroatoms. The van der Waals surface area contributed by atoms with E-state index in [-0.39, 0.29) is 17.5 Å². The van der Waals surface area contributed by atoms with Gasteiger partial charge < -0.3 is 20.5 Å². The molecule has 20 heavy (non-hydrogen) atoms. The molecule has 3 N–H and O–H groups in total. The van der Waals surface area contributed by atoms with E-state index in [0.717, 1.165) is 0 Å². The van der Waals surface area contributed by atoms with Crippen LogP contribution in [0.25, 0.3) is 0 Å². The average molecular weight is 280 g/mol. The zero-order chi connectivity index (χ0) is 15.0. The predicted molar refractivity (Wildman–Crippen MR) is 75.5 cm³/mol. The van der Waals surface area contributed by atoms with E-state index in [9.17, 15) is 14.7 Å². The highest BCUT2D eigenvalue weighted by Gasteiger charge is 2.14. The molecule has 0 aliphatic heterocycles.